The lowest BCUT2D eigenvalue weighted by Crippen LogP contribution is -2.04. The summed E-state index contributed by atoms with van der Waals surface area (Å²) in [4.78, 5) is 0. The maximum Gasteiger partial charge on any atom is 0.0832 e. The average Bonchev–Trinajstić information content (AvgIpc) is 2.28. The summed E-state index contributed by atoms with van der Waals surface area (Å²) in [6.07, 6.45) is 0.198. The Balaban J connectivity index is 2.19. The summed E-state index contributed by atoms with van der Waals surface area (Å²) in [5.41, 5.74) is 4.53. The molecule has 18 heavy (non-hydrogen) atoms. The van der Waals surface area contributed by atoms with Crippen LogP contribution in [0, 0.1) is 13.8 Å². The van der Waals surface area contributed by atoms with Gasteiger partial charge in [0.2, 0.25) is 0 Å². The number of benzene rings is 2. The topological polar surface area (TPSA) is 20.2 Å². The summed E-state index contributed by atoms with van der Waals surface area (Å²) in [5.74, 6) is 0. The zero-order valence-electron chi connectivity index (χ0n) is 10.7. The molecule has 0 saturated carbocycles. The molecule has 0 aliphatic rings. The van der Waals surface area contributed by atoms with Crippen LogP contribution in [0.2, 0.25) is 0 Å². The Kier molecular flexibility index (Phi) is 4.20. The maximum absolute atomic E-state index is 10.3. The van der Waals surface area contributed by atoms with Crippen molar-refractivity contribution in [1.82, 2.24) is 0 Å². The zero-order chi connectivity index (χ0) is 13.1. The number of aliphatic hydroxyl groups excluding tert-OH is 1. The first-order valence-electron chi connectivity index (χ1n) is 6.06. The lowest BCUT2D eigenvalue weighted by Gasteiger charge is -2.14. The van der Waals surface area contributed by atoms with Gasteiger partial charge in [0, 0.05) is 10.9 Å². The van der Waals surface area contributed by atoms with Crippen LogP contribution < -0.4 is 0 Å². The first-order valence-corrected chi connectivity index (χ1v) is 6.85. The molecule has 2 aromatic rings. The summed E-state index contributed by atoms with van der Waals surface area (Å²) in [6.45, 7) is 4.12. The predicted octanol–water partition coefficient (Wildman–Crippen LogP) is 4.34. The van der Waals surface area contributed by atoms with Gasteiger partial charge in [-0.3, -0.25) is 0 Å². The normalized spacial score (nSPS) is 12.4. The fourth-order valence-electron chi connectivity index (χ4n) is 2.20. The number of aryl methyl sites for hydroxylation is 2. The van der Waals surface area contributed by atoms with Crippen LogP contribution >= 0.6 is 15.9 Å². The van der Waals surface area contributed by atoms with Gasteiger partial charge in [-0.25, -0.2) is 0 Å². The second kappa shape index (κ2) is 5.68. The molecular formula is C16H17BrO. The number of aliphatic hydroxyl groups is 1. The largest absolute Gasteiger partial charge is 0.388 e. The van der Waals surface area contributed by atoms with Crippen molar-refractivity contribution in [2.45, 2.75) is 26.4 Å². The van der Waals surface area contributed by atoms with Gasteiger partial charge in [0.25, 0.3) is 0 Å². The van der Waals surface area contributed by atoms with Gasteiger partial charge in [-0.05, 0) is 42.7 Å². The summed E-state index contributed by atoms with van der Waals surface area (Å²) >= 11 is 3.45. The predicted molar refractivity (Wildman–Crippen MR) is 78.7 cm³/mol. The molecule has 94 valence electrons. The summed E-state index contributed by atoms with van der Waals surface area (Å²) in [6, 6.07) is 14.3. The maximum atomic E-state index is 10.3. The van der Waals surface area contributed by atoms with Crippen LogP contribution in [0.5, 0.6) is 0 Å². The van der Waals surface area contributed by atoms with E-state index in [9.17, 15) is 5.11 Å². The molecule has 2 aromatic carbocycles. The fraction of sp³-hybridized carbons (Fsp3) is 0.250. The minimum Gasteiger partial charge on any atom is -0.388 e. The first-order chi connectivity index (χ1) is 8.56. The molecule has 2 rings (SSSR count). The minimum atomic E-state index is -0.445. The molecule has 0 aliphatic heterocycles. The van der Waals surface area contributed by atoms with E-state index >= 15 is 0 Å². The standard InChI is InChI=1S/C16H17BrO/c1-11-6-7-15(12(2)8-11)16(18)10-13-4-3-5-14(17)9-13/h3-9,16,18H,10H2,1-2H3. The van der Waals surface area contributed by atoms with Gasteiger partial charge in [-0.15, -0.1) is 0 Å². The van der Waals surface area contributed by atoms with Gasteiger partial charge in [0.15, 0.2) is 0 Å². The van der Waals surface area contributed by atoms with Crippen LogP contribution in [-0.4, -0.2) is 5.11 Å². The Hall–Kier alpha value is -1.12. The zero-order valence-corrected chi connectivity index (χ0v) is 12.2. The highest BCUT2D eigenvalue weighted by Gasteiger charge is 2.11. The number of hydrogen-bond acceptors (Lipinski definition) is 1. The van der Waals surface area contributed by atoms with E-state index in [1.165, 1.54) is 5.56 Å². The molecule has 0 aliphatic carbocycles. The van der Waals surface area contributed by atoms with Gasteiger partial charge in [-0.1, -0.05) is 51.8 Å². The van der Waals surface area contributed by atoms with E-state index in [2.05, 4.69) is 28.9 Å². The molecule has 0 fully saturated rings. The van der Waals surface area contributed by atoms with Crippen molar-refractivity contribution in [3.8, 4) is 0 Å². The Bertz CT molecular complexity index is 549. The van der Waals surface area contributed by atoms with Crippen LogP contribution in [0.3, 0.4) is 0 Å². The molecular weight excluding hydrogens is 288 g/mol. The fourth-order valence-corrected chi connectivity index (χ4v) is 2.64. The second-order valence-corrected chi connectivity index (χ2v) is 5.63. The molecule has 1 unspecified atom stereocenters. The Morgan fingerprint density at radius 2 is 1.89 bits per heavy atom. The molecule has 0 aromatic heterocycles. The van der Waals surface area contributed by atoms with Gasteiger partial charge >= 0.3 is 0 Å². The molecule has 1 N–H and O–H groups in total. The summed E-state index contributed by atoms with van der Waals surface area (Å²) in [5, 5.41) is 10.3. The highest BCUT2D eigenvalue weighted by molar-refractivity contribution is 9.10. The third-order valence-electron chi connectivity index (χ3n) is 3.10. The molecule has 0 saturated heterocycles. The van der Waals surface area contributed by atoms with Crippen molar-refractivity contribution in [1.29, 1.82) is 0 Å². The number of hydrogen-bond donors (Lipinski definition) is 1. The average molecular weight is 305 g/mol. The summed E-state index contributed by atoms with van der Waals surface area (Å²) < 4.78 is 1.05. The van der Waals surface area contributed by atoms with Gasteiger partial charge in [0.1, 0.15) is 0 Å². The second-order valence-electron chi connectivity index (χ2n) is 4.71. The molecule has 0 radical (unpaired) electrons. The van der Waals surface area contributed by atoms with Crippen LogP contribution in [-0.2, 0) is 6.42 Å². The van der Waals surface area contributed by atoms with E-state index in [0.29, 0.717) is 6.42 Å². The van der Waals surface area contributed by atoms with Crippen LogP contribution in [0.15, 0.2) is 46.9 Å². The molecule has 1 atom stereocenters. The van der Waals surface area contributed by atoms with Gasteiger partial charge < -0.3 is 5.11 Å². The third-order valence-corrected chi connectivity index (χ3v) is 3.60. The summed E-state index contributed by atoms with van der Waals surface area (Å²) in [7, 11) is 0. The highest BCUT2D eigenvalue weighted by atomic mass is 79.9. The van der Waals surface area contributed by atoms with E-state index in [1.54, 1.807) is 0 Å². The van der Waals surface area contributed by atoms with Crippen molar-refractivity contribution in [2.75, 3.05) is 0 Å². The lowest BCUT2D eigenvalue weighted by atomic mass is 9.96. The van der Waals surface area contributed by atoms with E-state index in [0.717, 1.165) is 21.2 Å². The molecule has 2 heteroatoms. The van der Waals surface area contributed by atoms with Gasteiger partial charge in [0.05, 0.1) is 6.10 Å². The van der Waals surface area contributed by atoms with Crippen molar-refractivity contribution < 1.29 is 5.11 Å². The quantitative estimate of drug-likeness (QED) is 0.894. The lowest BCUT2D eigenvalue weighted by molar-refractivity contribution is 0.177. The molecule has 0 amide bonds. The number of rotatable bonds is 3. The first kappa shape index (κ1) is 13.3. The molecule has 0 spiro atoms. The molecule has 1 nitrogen and oxygen atoms in total. The van der Waals surface area contributed by atoms with E-state index in [-0.39, 0.29) is 0 Å². The smallest absolute Gasteiger partial charge is 0.0832 e. The minimum absolute atomic E-state index is 0.445. The van der Waals surface area contributed by atoms with E-state index < -0.39 is 6.10 Å². The van der Waals surface area contributed by atoms with Crippen LogP contribution in [0.4, 0.5) is 0 Å². The molecule has 0 heterocycles. The van der Waals surface area contributed by atoms with Crippen LogP contribution in [0.25, 0.3) is 0 Å². The third kappa shape index (κ3) is 3.21. The Morgan fingerprint density at radius 1 is 1.11 bits per heavy atom. The highest BCUT2D eigenvalue weighted by Crippen LogP contribution is 2.23. The number of halogens is 1. The SMILES string of the molecule is Cc1ccc(C(O)Cc2cccc(Br)c2)c(C)c1. The van der Waals surface area contributed by atoms with Crippen molar-refractivity contribution in [3.63, 3.8) is 0 Å². The Labute approximate surface area is 117 Å². The Morgan fingerprint density at radius 3 is 2.56 bits per heavy atom. The monoisotopic (exact) mass is 304 g/mol. The van der Waals surface area contributed by atoms with Crippen molar-refractivity contribution in [3.05, 3.63) is 69.2 Å². The van der Waals surface area contributed by atoms with Crippen LogP contribution in [0.1, 0.15) is 28.4 Å². The van der Waals surface area contributed by atoms with E-state index in [4.69, 9.17) is 0 Å². The van der Waals surface area contributed by atoms with Crippen molar-refractivity contribution >= 4 is 15.9 Å². The van der Waals surface area contributed by atoms with E-state index in [1.807, 2.05) is 43.3 Å². The van der Waals surface area contributed by atoms with Gasteiger partial charge in [-0.2, -0.15) is 0 Å². The van der Waals surface area contributed by atoms with Crippen molar-refractivity contribution in [2.24, 2.45) is 0 Å². The molecule has 0 bridgehead atoms.